The van der Waals surface area contributed by atoms with Crippen molar-refractivity contribution in [3.8, 4) is 10.6 Å². The maximum atomic E-state index is 13.6. The molecule has 1 atom stereocenters. The van der Waals surface area contributed by atoms with Crippen LogP contribution in [0, 0.1) is 5.92 Å². The Kier molecular flexibility index (Phi) is 8.10. The number of aromatic nitrogens is 4. The summed E-state index contributed by atoms with van der Waals surface area (Å²) in [5, 5.41) is 11.3. The number of nitrogens with one attached hydrogen (secondary N) is 1. The highest BCUT2D eigenvalue weighted by molar-refractivity contribution is 7.92. The SMILES string of the molecule is CN(C)C(=O)Cn1cc(-c2cnc(NC(=O)C(CC3CCOCC3)c3ccc(S(=O)(=O)C4CC4)cc3)s2)nn1. The molecule has 208 valence electrons. The van der Waals surface area contributed by atoms with Gasteiger partial charge in [-0.05, 0) is 55.7 Å². The maximum absolute atomic E-state index is 13.6. The standard InChI is InChI=1S/C26H32N6O5S2/c1-31(2)24(33)16-32-15-22(29-30-32)23-14-27-26(38-23)28-25(34)21(13-17-9-11-37-12-10-17)18-3-5-19(6-4-18)39(35,36)20-7-8-20/h3-6,14-15,17,20-21H,7-13,16H2,1-2H3,(H,27,28,34). The van der Waals surface area contributed by atoms with Crippen LogP contribution in [-0.4, -0.2) is 77.7 Å². The Balaban J connectivity index is 1.31. The van der Waals surface area contributed by atoms with Crippen molar-refractivity contribution in [3.05, 3.63) is 42.2 Å². The summed E-state index contributed by atoms with van der Waals surface area (Å²) in [6.45, 7) is 1.43. The first kappa shape index (κ1) is 27.4. The maximum Gasteiger partial charge on any atom is 0.243 e. The van der Waals surface area contributed by atoms with Crippen molar-refractivity contribution in [3.63, 3.8) is 0 Å². The molecule has 1 aliphatic carbocycles. The van der Waals surface area contributed by atoms with Crippen LogP contribution in [0.5, 0.6) is 0 Å². The summed E-state index contributed by atoms with van der Waals surface area (Å²) >= 11 is 1.27. The lowest BCUT2D eigenvalue weighted by Crippen LogP contribution is -2.26. The summed E-state index contributed by atoms with van der Waals surface area (Å²) in [6, 6.07) is 6.77. The van der Waals surface area contributed by atoms with E-state index in [2.05, 4.69) is 20.6 Å². The third kappa shape index (κ3) is 6.53. The molecule has 5 rings (SSSR count). The zero-order valence-corrected chi connectivity index (χ0v) is 23.6. The number of hydrogen-bond donors (Lipinski definition) is 1. The first-order valence-electron chi connectivity index (χ1n) is 13.0. The number of thiazole rings is 1. The van der Waals surface area contributed by atoms with Gasteiger partial charge in [-0.1, -0.05) is 28.7 Å². The summed E-state index contributed by atoms with van der Waals surface area (Å²) in [5.41, 5.74) is 1.34. The average Bonchev–Trinajstić information content (AvgIpc) is 3.54. The average molecular weight is 573 g/mol. The van der Waals surface area contributed by atoms with Gasteiger partial charge in [0.15, 0.2) is 15.0 Å². The predicted molar refractivity (Wildman–Crippen MR) is 146 cm³/mol. The molecule has 3 heterocycles. The summed E-state index contributed by atoms with van der Waals surface area (Å²) in [4.78, 5) is 32.4. The summed E-state index contributed by atoms with van der Waals surface area (Å²) in [6.07, 6.45) is 7.10. The summed E-state index contributed by atoms with van der Waals surface area (Å²) in [7, 11) is 0.0608. The van der Waals surface area contributed by atoms with E-state index in [-0.39, 0.29) is 23.6 Å². The number of carbonyl (C=O) groups excluding carboxylic acids is 2. The van der Waals surface area contributed by atoms with Crippen LogP contribution in [0.4, 0.5) is 5.13 Å². The van der Waals surface area contributed by atoms with Gasteiger partial charge < -0.3 is 15.0 Å². The number of nitrogens with zero attached hydrogens (tertiary/aromatic N) is 5. The molecule has 2 amide bonds. The lowest BCUT2D eigenvalue weighted by atomic mass is 9.84. The number of benzene rings is 1. The van der Waals surface area contributed by atoms with Gasteiger partial charge in [0.1, 0.15) is 12.2 Å². The number of rotatable bonds is 10. The number of ether oxygens (including phenoxy) is 1. The molecule has 0 spiro atoms. The van der Waals surface area contributed by atoms with Crippen LogP contribution in [0.25, 0.3) is 10.6 Å². The van der Waals surface area contributed by atoms with E-state index in [9.17, 15) is 18.0 Å². The minimum Gasteiger partial charge on any atom is -0.381 e. The Morgan fingerprint density at radius 2 is 1.87 bits per heavy atom. The molecule has 11 nitrogen and oxygen atoms in total. The minimum atomic E-state index is -3.30. The van der Waals surface area contributed by atoms with Gasteiger partial charge in [0.05, 0.1) is 27.1 Å². The first-order valence-corrected chi connectivity index (χ1v) is 15.4. The van der Waals surface area contributed by atoms with E-state index in [1.807, 2.05) is 0 Å². The molecular weight excluding hydrogens is 540 g/mol. The fourth-order valence-corrected chi connectivity index (χ4v) is 7.01. The fraction of sp³-hybridized carbons (Fsp3) is 0.500. The highest BCUT2D eigenvalue weighted by Crippen LogP contribution is 2.36. The quantitative estimate of drug-likeness (QED) is 0.392. The minimum absolute atomic E-state index is 0.0804. The smallest absolute Gasteiger partial charge is 0.243 e. The number of sulfone groups is 1. The molecule has 1 unspecified atom stereocenters. The Bertz CT molecular complexity index is 1420. The lowest BCUT2D eigenvalue weighted by Gasteiger charge is -2.26. The van der Waals surface area contributed by atoms with Crippen molar-refractivity contribution in [1.29, 1.82) is 0 Å². The molecule has 2 fully saturated rings. The van der Waals surface area contributed by atoms with Gasteiger partial charge in [0.2, 0.25) is 11.8 Å². The van der Waals surface area contributed by atoms with E-state index in [0.717, 1.165) is 18.4 Å². The topological polar surface area (TPSA) is 136 Å². The molecule has 2 aliphatic rings. The van der Waals surface area contributed by atoms with Crippen molar-refractivity contribution < 1.29 is 22.7 Å². The van der Waals surface area contributed by atoms with Crippen molar-refractivity contribution in [2.45, 2.75) is 54.7 Å². The molecule has 1 saturated heterocycles. The van der Waals surface area contributed by atoms with Crippen LogP contribution in [0.2, 0.25) is 0 Å². The Morgan fingerprint density at radius 3 is 2.54 bits per heavy atom. The van der Waals surface area contributed by atoms with Gasteiger partial charge in [-0.2, -0.15) is 0 Å². The van der Waals surface area contributed by atoms with Crippen molar-refractivity contribution >= 4 is 38.1 Å². The second-order valence-corrected chi connectivity index (χ2v) is 13.5. The highest BCUT2D eigenvalue weighted by Gasteiger charge is 2.37. The van der Waals surface area contributed by atoms with Crippen LogP contribution in [0.1, 0.15) is 43.6 Å². The van der Waals surface area contributed by atoms with Gasteiger partial charge in [-0.3, -0.25) is 9.59 Å². The van der Waals surface area contributed by atoms with Gasteiger partial charge in [0, 0.05) is 33.5 Å². The van der Waals surface area contributed by atoms with Gasteiger partial charge in [-0.15, -0.1) is 5.10 Å². The molecule has 39 heavy (non-hydrogen) atoms. The van der Waals surface area contributed by atoms with Crippen LogP contribution in [0.3, 0.4) is 0 Å². The molecule has 1 aromatic carbocycles. The molecule has 0 radical (unpaired) electrons. The summed E-state index contributed by atoms with van der Waals surface area (Å²) in [5.74, 6) is -0.426. The lowest BCUT2D eigenvalue weighted by molar-refractivity contribution is -0.129. The van der Waals surface area contributed by atoms with Gasteiger partial charge in [0.25, 0.3) is 0 Å². The van der Waals surface area contributed by atoms with E-state index in [1.165, 1.54) is 20.9 Å². The molecule has 1 aliphatic heterocycles. The van der Waals surface area contributed by atoms with E-state index < -0.39 is 15.8 Å². The van der Waals surface area contributed by atoms with E-state index in [4.69, 9.17) is 4.74 Å². The van der Waals surface area contributed by atoms with E-state index in [1.54, 1.807) is 50.8 Å². The highest BCUT2D eigenvalue weighted by atomic mass is 32.2. The second-order valence-electron chi connectivity index (χ2n) is 10.3. The van der Waals surface area contributed by atoms with E-state index in [0.29, 0.717) is 59.0 Å². The molecule has 1 saturated carbocycles. The second kappa shape index (κ2) is 11.5. The normalized spacial score (nSPS) is 17.1. The van der Waals surface area contributed by atoms with Crippen molar-refractivity contribution in [1.82, 2.24) is 24.9 Å². The van der Waals surface area contributed by atoms with Crippen molar-refractivity contribution in [2.75, 3.05) is 32.6 Å². The van der Waals surface area contributed by atoms with Gasteiger partial charge >= 0.3 is 0 Å². The Hall–Kier alpha value is -3.16. The van der Waals surface area contributed by atoms with Gasteiger partial charge in [-0.25, -0.2) is 18.1 Å². The monoisotopic (exact) mass is 572 g/mol. The van der Waals surface area contributed by atoms with E-state index >= 15 is 0 Å². The fourth-order valence-electron chi connectivity index (χ4n) is 4.58. The molecule has 1 N–H and O–H groups in total. The third-order valence-electron chi connectivity index (χ3n) is 7.12. The third-order valence-corrected chi connectivity index (χ3v) is 10.3. The number of hydrogen-bond acceptors (Lipinski definition) is 9. The van der Waals surface area contributed by atoms with Crippen LogP contribution < -0.4 is 5.32 Å². The largest absolute Gasteiger partial charge is 0.381 e. The molecule has 2 aromatic heterocycles. The Morgan fingerprint density at radius 1 is 1.15 bits per heavy atom. The van der Waals surface area contributed by atoms with Crippen molar-refractivity contribution in [2.24, 2.45) is 5.92 Å². The molecular formula is C26H32N6O5S2. The van der Waals surface area contributed by atoms with Crippen LogP contribution >= 0.6 is 11.3 Å². The molecule has 0 bridgehead atoms. The molecule has 13 heteroatoms. The number of likely N-dealkylation sites (N-methyl/N-ethyl adjacent to an activating group) is 1. The number of carbonyl (C=O) groups is 2. The zero-order chi connectivity index (χ0) is 27.6. The Labute approximate surface area is 231 Å². The van der Waals surface area contributed by atoms with Crippen LogP contribution in [-0.2, 0) is 30.7 Å². The zero-order valence-electron chi connectivity index (χ0n) is 21.9. The predicted octanol–water partition coefficient (Wildman–Crippen LogP) is 2.96. The number of anilines is 1. The summed E-state index contributed by atoms with van der Waals surface area (Å²) < 4.78 is 32.2. The first-order chi connectivity index (χ1) is 18.7. The van der Waals surface area contributed by atoms with Crippen LogP contribution in [0.15, 0.2) is 41.6 Å². The molecule has 3 aromatic rings. The number of amides is 2.